The van der Waals surface area contributed by atoms with Gasteiger partial charge in [0.15, 0.2) is 0 Å². The topological polar surface area (TPSA) is 28.7 Å². The van der Waals surface area contributed by atoms with Crippen molar-refractivity contribution in [2.75, 3.05) is 0 Å². The van der Waals surface area contributed by atoms with Gasteiger partial charge < -0.3 is 4.98 Å². The van der Waals surface area contributed by atoms with E-state index < -0.39 is 0 Å². The fraction of sp³-hybridized carbons (Fsp3) is 0.444. The Morgan fingerprint density at radius 3 is 3.09 bits per heavy atom. The molecule has 0 amide bonds. The molecule has 0 aromatic carbocycles. The number of aromatic amines is 1. The molecule has 0 fully saturated rings. The second-order valence-electron chi connectivity index (χ2n) is 2.57. The first-order valence-electron chi connectivity index (χ1n) is 4.02. The molecule has 0 unspecified atom stereocenters. The minimum absolute atomic E-state index is 1.06. The zero-order chi connectivity index (χ0) is 7.94. The van der Waals surface area contributed by atoms with Crippen molar-refractivity contribution in [2.45, 2.75) is 25.7 Å². The molecule has 0 aliphatic rings. The highest BCUT2D eigenvalue weighted by molar-refractivity contribution is 4.86. The minimum Gasteiger partial charge on any atom is -0.349 e. The van der Waals surface area contributed by atoms with Crippen LogP contribution >= 0.6 is 0 Å². The summed E-state index contributed by atoms with van der Waals surface area (Å²) < 4.78 is 0. The van der Waals surface area contributed by atoms with Crippen LogP contribution in [0.25, 0.3) is 0 Å². The fourth-order valence-electron chi connectivity index (χ4n) is 1.02. The van der Waals surface area contributed by atoms with Crippen LogP contribution in [0.4, 0.5) is 0 Å². The molecule has 0 radical (unpaired) electrons. The molecule has 1 N–H and O–H groups in total. The third-order valence-corrected chi connectivity index (χ3v) is 1.63. The van der Waals surface area contributed by atoms with Crippen molar-refractivity contribution in [3.63, 3.8) is 0 Å². The van der Waals surface area contributed by atoms with E-state index in [1.165, 1.54) is 12.8 Å². The lowest BCUT2D eigenvalue weighted by Crippen LogP contribution is -1.87. The molecule has 11 heavy (non-hydrogen) atoms. The Kier molecular flexibility index (Phi) is 3.45. The average Bonchev–Trinajstić information content (AvgIpc) is 2.50. The Hall–Kier alpha value is -1.05. The first kappa shape index (κ1) is 8.05. The first-order chi connectivity index (χ1) is 5.43. The maximum Gasteiger partial charge on any atom is 0.105 e. The van der Waals surface area contributed by atoms with Gasteiger partial charge in [-0.25, -0.2) is 4.98 Å². The molecule has 1 aromatic rings. The number of H-pyrrole nitrogens is 1. The second kappa shape index (κ2) is 4.72. The zero-order valence-electron chi connectivity index (χ0n) is 6.71. The fourth-order valence-corrected chi connectivity index (χ4v) is 1.02. The molecule has 60 valence electrons. The van der Waals surface area contributed by atoms with Gasteiger partial charge in [0.25, 0.3) is 0 Å². The van der Waals surface area contributed by atoms with Crippen LogP contribution in [0.3, 0.4) is 0 Å². The summed E-state index contributed by atoms with van der Waals surface area (Å²) in [4.78, 5) is 7.21. The van der Waals surface area contributed by atoms with E-state index in [0.29, 0.717) is 0 Å². The molecule has 0 aliphatic heterocycles. The van der Waals surface area contributed by atoms with Crippen LogP contribution in [0, 0.1) is 0 Å². The maximum absolute atomic E-state index is 4.13. The van der Waals surface area contributed by atoms with E-state index in [4.69, 9.17) is 0 Å². The molecule has 2 heteroatoms. The van der Waals surface area contributed by atoms with Crippen molar-refractivity contribution in [1.29, 1.82) is 0 Å². The SMILES string of the molecule is C=CCCCCc1ncc[nH]1. The summed E-state index contributed by atoms with van der Waals surface area (Å²) in [5.41, 5.74) is 0. The number of hydrogen-bond acceptors (Lipinski definition) is 1. The highest BCUT2D eigenvalue weighted by Gasteiger charge is 1.92. The van der Waals surface area contributed by atoms with E-state index in [0.717, 1.165) is 18.7 Å². The lowest BCUT2D eigenvalue weighted by atomic mass is 10.2. The number of aryl methyl sites for hydroxylation is 1. The number of allylic oxidation sites excluding steroid dienone is 1. The summed E-state index contributed by atoms with van der Waals surface area (Å²) >= 11 is 0. The summed E-state index contributed by atoms with van der Waals surface area (Å²) in [6.07, 6.45) is 10.2. The summed E-state index contributed by atoms with van der Waals surface area (Å²) in [5.74, 6) is 1.09. The molecule has 0 aliphatic carbocycles. The van der Waals surface area contributed by atoms with E-state index >= 15 is 0 Å². The molecule has 1 heterocycles. The standard InChI is InChI=1S/C9H14N2/c1-2-3-4-5-6-9-10-7-8-11-9/h2,7-8H,1,3-6H2,(H,10,11). The molecule has 2 nitrogen and oxygen atoms in total. The number of unbranched alkanes of at least 4 members (excludes halogenated alkanes) is 2. The largest absolute Gasteiger partial charge is 0.349 e. The smallest absolute Gasteiger partial charge is 0.105 e. The number of imidazole rings is 1. The normalized spacial score (nSPS) is 9.82. The predicted molar refractivity (Wildman–Crippen MR) is 46.3 cm³/mol. The van der Waals surface area contributed by atoms with E-state index in [1.807, 2.05) is 12.3 Å². The van der Waals surface area contributed by atoms with Crippen molar-refractivity contribution in [2.24, 2.45) is 0 Å². The number of aromatic nitrogens is 2. The predicted octanol–water partition coefficient (Wildman–Crippen LogP) is 2.31. The van der Waals surface area contributed by atoms with Gasteiger partial charge in [-0.3, -0.25) is 0 Å². The van der Waals surface area contributed by atoms with Crippen molar-refractivity contribution in [3.8, 4) is 0 Å². The van der Waals surface area contributed by atoms with Crippen LogP contribution in [0.1, 0.15) is 25.1 Å². The number of rotatable bonds is 5. The van der Waals surface area contributed by atoms with E-state index in [9.17, 15) is 0 Å². The lowest BCUT2D eigenvalue weighted by molar-refractivity contribution is 0.725. The van der Waals surface area contributed by atoms with Gasteiger partial charge in [-0.15, -0.1) is 6.58 Å². The monoisotopic (exact) mass is 150 g/mol. The molecule has 0 saturated carbocycles. The molecule has 1 rings (SSSR count). The summed E-state index contributed by atoms with van der Waals surface area (Å²) in [5, 5.41) is 0. The quantitative estimate of drug-likeness (QED) is 0.506. The Morgan fingerprint density at radius 2 is 2.45 bits per heavy atom. The number of hydrogen-bond donors (Lipinski definition) is 1. The van der Waals surface area contributed by atoms with Crippen molar-refractivity contribution >= 4 is 0 Å². The minimum atomic E-state index is 1.06. The summed E-state index contributed by atoms with van der Waals surface area (Å²) in [6, 6.07) is 0. The van der Waals surface area contributed by atoms with Crippen molar-refractivity contribution < 1.29 is 0 Å². The molecule has 0 bridgehead atoms. The number of nitrogens with one attached hydrogen (secondary N) is 1. The third-order valence-electron chi connectivity index (χ3n) is 1.63. The average molecular weight is 150 g/mol. The highest BCUT2D eigenvalue weighted by Crippen LogP contribution is 2.01. The van der Waals surface area contributed by atoms with Gasteiger partial charge in [-0.05, 0) is 19.3 Å². The lowest BCUT2D eigenvalue weighted by Gasteiger charge is -1.94. The molecular formula is C9H14N2. The van der Waals surface area contributed by atoms with Crippen LogP contribution in [-0.4, -0.2) is 9.97 Å². The van der Waals surface area contributed by atoms with E-state index in [1.54, 1.807) is 6.20 Å². The van der Waals surface area contributed by atoms with Gasteiger partial charge in [0.1, 0.15) is 5.82 Å². The van der Waals surface area contributed by atoms with Crippen LogP contribution in [0.15, 0.2) is 25.0 Å². The maximum atomic E-state index is 4.13. The Labute approximate surface area is 67.4 Å². The summed E-state index contributed by atoms with van der Waals surface area (Å²) in [6.45, 7) is 3.67. The first-order valence-corrected chi connectivity index (χ1v) is 4.02. The Balaban J connectivity index is 2.09. The van der Waals surface area contributed by atoms with Gasteiger partial charge in [-0.1, -0.05) is 6.08 Å². The van der Waals surface area contributed by atoms with Gasteiger partial charge in [-0.2, -0.15) is 0 Å². The molecular weight excluding hydrogens is 136 g/mol. The second-order valence-corrected chi connectivity index (χ2v) is 2.57. The van der Waals surface area contributed by atoms with E-state index in [2.05, 4.69) is 16.5 Å². The van der Waals surface area contributed by atoms with Gasteiger partial charge in [0, 0.05) is 18.8 Å². The molecule has 0 saturated heterocycles. The zero-order valence-corrected chi connectivity index (χ0v) is 6.71. The Morgan fingerprint density at radius 1 is 1.55 bits per heavy atom. The van der Waals surface area contributed by atoms with Gasteiger partial charge >= 0.3 is 0 Å². The van der Waals surface area contributed by atoms with E-state index in [-0.39, 0.29) is 0 Å². The van der Waals surface area contributed by atoms with Crippen LogP contribution in [0.5, 0.6) is 0 Å². The summed E-state index contributed by atoms with van der Waals surface area (Å²) in [7, 11) is 0. The molecule has 0 atom stereocenters. The van der Waals surface area contributed by atoms with Crippen molar-refractivity contribution in [3.05, 3.63) is 30.9 Å². The number of nitrogens with zero attached hydrogens (tertiary/aromatic N) is 1. The van der Waals surface area contributed by atoms with Crippen LogP contribution in [-0.2, 0) is 6.42 Å². The van der Waals surface area contributed by atoms with Crippen molar-refractivity contribution in [1.82, 2.24) is 9.97 Å². The van der Waals surface area contributed by atoms with Crippen LogP contribution < -0.4 is 0 Å². The van der Waals surface area contributed by atoms with Gasteiger partial charge in [0.2, 0.25) is 0 Å². The van der Waals surface area contributed by atoms with Gasteiger partial charge in [0.05, 0.1) is 0 Å². The highest BCUT2D eigenvalue weighted by atomic mass is 14.9. The molecule has 0 spiro atoms. The van der Waals surface area contributed by atoms with Crippen LogP contribution in [0.2, 0.25) is 0 Å². The third kappa shape index (κ3) is 3.03. The molecule has 1 aromatic heterocycles. The Bertz CT molecular complexity index is 189.